The molecule has 1 aromatic rings. The second-order valence-electron chi connectivity index (χ2n) is 5.69. The molecule has 19 heavy (non-hydrogen) atoms. The Kier molecular flexibility index (Phi) is 5.38. The van der Waals surface area contributed by atoms with Gasteiger partial charge in [0.1, 0.15) is 12.4 Å². The Bertz CT molecular complexity index is 504. The largest absolute Gasteiger partial charge is 0.492 e. The molecule has 1 aromatic carbocycles. The van der Waals surface area contributed by atoms with Gasteiger partial charge >= 0.3 is 0 Å². The number of rotatable bonds is 6. The molecule has 108 valence electrons. The highest BCUT2D eigenvalue weighted by molar-refractivity contribution is 7.90. The van der Waals surface area contributed by atoms with Gasteiger partial charge < -0.3 is 10.1 Å². The van der Waals surface area contributed by atoms with Crippen LogP contribution >= 0.6 is 0 Å². The van der Waals surface area contributed by atoms with Gasteiger partial charge in [0, 0.05) is 23.9 Å². The van der Waals surface area contributed by atoms with Crippen molar-refractivity contribution in [2.45, 2.75) is 32.9 Å². The average Bonchev–Trinajstić information content (AvgIpc) is 2.25. The van der Waals surface area contributed by atoms with Gasteiger partial charge in [0.25, 0.3) is 0 Å². The molecule has 0 saturated carbocycles. The van der Waals surface area contributed by atoms with Crippen LogP contribution in [0.1, 0.15) is 26.3 Å². The van der Waals surface area contributed by atoms with Crippen molar-refractivity contribution >= 4 is 9.84 Å². The number of ether oxygens (including phenoxy) is 1. The highest BCUT2D eigenvalue weighted by atomic mass is 32.2. The van der Waals surface area contributed by atoms with E-state index in [9.17, 15) is 8.42 Å². The van der Waals surface area contributed by atoms with Crippen LogP contribution in [0.25, 0.3) is 0 Å². The van der Waals surface area contributed by atoms with Gasteiger partial charge in [-0.1, -0.05) is 18.2 Å². The molecule has 0 saturated heterocycles. The number of para-hydroxylation sites is 1. The molecule has 0 aliphatic heterocycles. The Labute approximate surface area is 116 Å². The van der Waals surface area contributed by atoms with Crippen LogP contribution in [-0.4, -0.2) is 32.6 Å². The Hall–Kier alpha value is -1.07. The van der Waals surface area contributed by atoms with Gasteiger partial charge in [-0.3, -0.25) is 0 Å². The van der Waals surface area contributed by atoms with Gasteiger partial charge in [-0.15, -0.1) is 0 Å². The highest BCUT2D eigenvalue weighted by Crippen LogP contribution is 2.18. The van der Waals surface area contributed by atoms with Gasteiger partial charge in [-0.25, -0.2) is 8.42 Å². The van der Waals surface area contributed by atoms with E-state index >= 15 is 0 Å². The summed E-state index contributed by atoms with van der Waals surface area (Å²) >= 11 is 0. The molecule has 0 atom stereocenters. The van der Waals surface area contributed by atoms with Crippen LogP contribution in [0.2, 0.25) is 0 Å². The van der Waals surface area contributed by atoms with Crippen molar-refractivity contribution in [1.82, 2.24) is 5.32 Å². The number of nitrogens with one attached hydrogen (secondary N) is 1. The molecule has 0 heterocycles. The first-order chi connectivity index (χ1) is 8.67. The molecule has 0 fully saturated rings. The van der Waals surface area contributed by atoms with Crippen molar-refractivity contribution in [2.75, 3.05) is 18.6 Å². The number of hydrogen-bond acceptors (Lipinski definition) is 4. The summed E-state index contributed by atoms with van der Waals surface area (Å²) in [5.41, 5.74) is 1.06. The average molecular weight is 285 g/mol. The summed E-state index contributed by atoms with van der Waals surface area (Å²) in [5, 5.41) is 3.39. The van der Waals surface area contributed by atoms with Crippen LogP contribution in [0.3, 0.4) is 0 Å². The van der Waals surface area contributed by atoms with Gasteiger partial charge in [0.05, 0.1) is 5.75 Å². The molecule has 1 N–H and O–H groups in total. The van der Waals surface area contributed by atoms with Crippen LogP contribution in [0.5, 0.6) is 5.75 Å². The summed E-state index contributed by atoms with van der Waals surface area (Å²) in [6.45, 7) is 7.17. The van der Waals surface area contributed by atoms with Crippen molar-refractivity contribution in [1.29, 1.82) is 0 Å². The monoisotopic (exact) mass is 285 g/mol. The third-order valence-electron chi connectivity index (χ3n) is 2.49. The van der Waals surface area contributed by atoms with E-state index in [2.05, 4.69) is 26.1 Å². The number of sulfone groups is 1. The van der Waals surface area contributed by atoms with E-state index in [0.29, 0.717) is 6.54 Å². The van der Waals surface area contributed by atoms with E-state index < -0.39 is 9.84 Å². The third kappa shape index (κ3) is 7.18. The topological polar surface area (TPSA) is 55.4 Å². The fourth-order valence-electron chi connectivity index (χ4n) is 1.45. The fourth-order valence-corrected chi connectivity index (χ4v) is 1.84. The van der Waals surface area contributed by atoms with Crippen molar-refractivity contribution < 1.29 is 13.2 Å². The smallest absolute Gasteiger partial charge is 0.150 e. The van der Waals surface area contributed by atoms with E-state index in [-0.39, 0.29) is 17.9 Å². The molecular weight excluding hydrogens is 262 g/mol. The second-order valence-corrected chi connectivity index (χ2v) is 7.95. The van der Waals surface area contributed by atoms with Crippen molar-refractivity contribution in [3.8, 4) is 5.75 Å². The summed E-state index contributed by atoms with van der Waals surface area (Å²) in [6.07, 6.45) is 1.21. The molecule has 0 aromatic heterocycles. The molecule has 0 aliphatic rings. The molecule has 4 nitrogen and oxygen atoms in total. The molecule has 0 aliphatic carbocycles. The van der Waals surface area contributed by atoms with Crippen LogP contribution in [-0.2, 0) is 16.4 Å². The zero-order valence-electron chi connectivity index (χ0n) is 12.1. The maximum atomic E-state index is 11.1. The lowest BCUT2D eigenvalue weighted by molar-refractivity contribution is 0.333. The lowest BCUT2D eigenvalue weighted by atomic mass is 10.1. The maximum Gasteiger partial charge on any atom is 0.150 e. The Morgan fingerprint density at radius 1 is 1.21 bits per heavy atom. The minimum Gasteiger partial charge on any atom is -0.492 e. The summed E-state index contributed by atoms with van der Waals surface area (Å²) in [4.78, 5) is 0. The predicted molar refractivity (Wildman–Crippen MR) is 78.2 cm³/mol. The van der Waals surface area contributed by atoms with Crippen molar-refractivity contribution in [3.05, 3.63) is 29.8 Å². The van der Waals surface area contributed by atoms with Crippen LogP contribution < -0.4 is 10.1 Å². The molecule has 0 spiro atoms. The molecule has 0 bridgehead atoms. The first-order valence-corrected chi connectivity index (χ1v) is 8.37. The van der Waals surface area contributed by atoms with Gasteiger partial charge in [-0.05, 0) is 26.8 Å². The Morgan fingerprint density at radius 2 is 1.84 bits per heavy atom. The molecule has 0 radical (unpaired) electrons. The summed E-state index contributed by atoms with van der Waals surface area (Å²) in [6, 6.07) is 7.68. The van der Waals surface area contributed by atoms with Gasteiger partial charge in [-0.2, -0.15) is 0 Å². The third-order valence-corrected chi connectivity index (χ3v) is 3.40. The zero-order chi connectivity index (χ0) is 14.5. The van der Waals surface area contributed by atoms with E-state index in [1.165, 1.54) is 6.26 Å². The first kappa shape index (κ1) is 16.0. The van der Waals surface area contributed by atoms with E-state index in [4.69, 9.17) is 4.74 Å². The van der Waals surface area contributed by atoms with Crippen LogP contribution in [0.15, 0.2) is 24.3 Å². The van der Waals surface area contributed by atoms with E-state index in [1.807, 2.05) is 24.3 Å². The lowest BCUT2D eigenvalue weighted by Crippen LogP contribution is -2.35. The molecule has 1 rings (SSSR count). The summed E-state index contributed by atoms with van der Waals surface area (Å²) in [7, 11) is -2.98. The van der Waals surface area contributed by atoms with Gasteiger partial charge in [0.2, 0.25) is 0 Å². The van der Waals surface area contributed by atoms with E-state index in [1.54, 1.807) is 0 Å². The van der Waals surface area contributed by atoms with Crippen molar-refractivity contribution in [2.24, 2.45) is 0 Å². The minimum atomic E-state index is -2.98. The van der Waals surface area contributed by atoms with Crippen LogP contribution in [0.4, 0.5) is 0 Å². The second kappa shape index (κ2) is 6.39. The molecule has 5 heteroatoms. The van der Waals surface area contributed by atoms with E-state index in [0.717, 1.165) is 11.3 Å². The molecule has 0 unspecified atom stereocenters. The lowest BCUT2D eigenvalue weighted by Gasteiger charge is -2.21. The standard InChI is InChI=1S/C14H23NO3S/c1-14(2,3)15-11-12-7-5-6-8-13(12)18-9-10-19(4,16)17/h5-8,15H,9-11H2,1-4H3. The Morgan fingerprint density at radius 3 is 2.42 bits per heavy atom. The Balaban J connectivity index is 2.63. The highest BCUT2D eigenvalue weighted by Gasteiger charge is 2.11. The number of benzene rings is 1. The molecule has 0 amide bonds. The summed E-state index contributed by atoms with van der Waals surface area (Å²) in [5.74, 6) is 0.775. The van der Waals surface area contributed by atoms with Crippen LogP contribution in [0, 0.1) is 0 Å². The predicted octanol–water partition coefficient (Wildman–Crippen LogP) is 2.00. The number of hydrogen-bond donors (Lipinski definition) is 1. The summed E-state index contributed by atoms with van der Waals surface area (Å²) < 4.78 is 27.7. The zero-order valence-corrected chi connectivity index (χ0v) is 12.9. The van der Waals surface area contributed by atoms with Gasteiger partial charge in [0.15, 0.2) is 9.84 Å². The maximum absolute atomic E-state index is 11.1. The SMILES string of the molecule is CC(C)(C)NCc1ccccc1OCCS(C)(=O)=O. The normalized spacial score (nSPS) is 12.4. The minimum absolute atomic E-state index is 0.0276. The fraction of sp³-hybridized carbons (Fsp3) is 0.571. The quantitative estimate of drug-likeness (QED) is 0.868. The van der Waals surface area contributed by atoms with Crippen molar-refractivity contribution in [3.63, 3.8) is 0 Å². The molecular formula is C14H23NO3S. The first-order valence-electron chi connectivity index (χ1n) is 6.31.